The van der Waals surface area contributed by atoms with E-state index in [9.17, 15) is 9.59 Å². The monoisotopic (exact) mass is 456 g/mol. The molecule has 0 radical (unpaired) electrons. The van der Waals surface area contributed by atoms with Crippen molar-refractivity contribution in [3.05, 3.63) is 57.6 Å². The second kappa shape index (κ2) is 11.7. The van der Waals surface area contributed by atoms with Gasteiger partial charge in [-0.25, -0.2) is 4.79 Å². The molecular formula is C24H25ClN2O5. The molecule has 0 aliphatic rings. The van der Waals surface area contributed by atoms with Crippen molar-refractivity contribution in [2.24, 2.45) is 0 Å². The maximum atomic E-state index is 11.1. The van der Waals surface area contributed by atoms with Gasteiger partial charge < -0.3 is 14.6 Å². The predicted molar refractivity (Wildman–Crippen MR) is 121 cm³/mol. The highest BCUT2D eigenvalue weighted by Gasteiger charge is 2.17. The Labute approximate surface area is 192 Å². The number of halogens is 1. The van der Waals surface area contributed by atoms with Gasteiger partial charge in [0.2, 0.25) is 0 Å². The Morgan fingerprint density at radius 1 is 0.844 bits per heavy atom. The lowest BCUT2D eigenvalue weighted by molar-refractivity contribution is 0.0696. The normalized spacial score (nSPS) is 9.97. The van der Waals surface area contributed by atoms with Crippen molar-refractivity contribution in [3.63, 3.8) is 0 Å². The van der Waals surface area contributed by atoms with Crippen molar-refractivity contribution in [1.82, 2.24) is 0 Å². The first-order valence-electron chi connectivity index (χ1n) is 9.69. The summed E-state index contributed by atoms with van der Waals surface area (Å²) < 4.78 is 10.3. The summed E-state index contributed by atoms with van der Waals surface area (Å²) in [6.07, 6.45) is 0. The van der Waals surface area contributed by atoms with Crippen LogP contribution in [-0.2, 0) is 0 Å². The van der Waals surface area contributed by atoms with Gasteiger partial charge in [-0.15, -0.1) is 0 Å². The smallest absolute Gasteiger partial charge is 0.335 e. The first-order chi connectivity index (χ1) is 15.0. The molecule has 0 saturated heterocycles. The third kappa shape index (κ3) is 6.23. The van der Waals surface area contributed by atoms with Crippen LogP contribution in [0.4, 0.5) is 0 Å². The van der Waals surface area contributed by atoms with Gasteiger partial charge in [0, 0.05) is 5.56 Å². The van der Waals surface area contributed by atoms with E-state index in [0.717, 1.165) is 11.1 Å². The van der Waals surface area contributed by atoms with Gasteiger partial charge in [0.05, 0.1) is 30.9 Å². The Kier molecular flexibility index (Phi) is 9.71. The Morgan fingerprint density at radius 2 is 1.22 bits per heavy atom. The zero-order chi connectivity index (χ0) is 24.6. The molecule has 0 amide bonds. The molecule has 2 aromatic carbocycles. The van der Waals surface area contributed by atoms with Crippen molar-refractivity contribution in [1.29, 1.82) is 10.5 Å². The predicted octanol–water partition coefficient (Wildman–Crippen LogP) is 5.46. The average molecular weight is 457 g/mol. The van der Waals surface area contributed by atoms with E-state index in [1.807, 2.05) is 39.8 Å². The highest BCUT2D eigenvalue weighted by molar-refractivity contribution is 6.67. The van der Waals surface area contributed by atoms with Gasteiger partial charge in [-0.2, -0.15) is 10.5 Å². The number of hydrogen-bond acceptors (Lipinski definition) is 6. The van der Waals surface area contributed by atoms with E-state index in [1.165, 1.54) is 26.4 Å². The van der Waals surface area contributed by atoms with Crippen LogP contribution in [0.2, 0.25) is 0 Å². The van der Waals surface area contributed by atoms with E-state index in [0.29, 0.717) is 22.6 Å². The molecule has 2 rings (SSSR count). The number of hydrogen-bond donors (Lipinski definition) is 1. The number of benzene rings is 2. The van der Waals surface area contributed by atoms with Crippen LogP contribution >= 0.6 is 11.6 Å². The molecule has 0 spiro atoms. The molecule has 0 aliphatic carbocycles. The summed E-state index contributed by atoms with van der Waals surface area (Å²) in [4.78, 5) is 22.0. The summed E-state index contributed by atoms with van der Waals surface area (Å²) >= 11 is 5.42. The molecule has 7 nitrogen and oxygen atoms in total. The number of nitriles is 2. The summed E-state index contributed by atoms with van der Waals surface area (Å²) in [5, 5.41) is 26.3. The quantitative estimate of drug-likeness (QED) is 0.573. The molecule has 0 saturated carbocycles. The lowest BCUT2D eigenvalue weighted by Crippen LogP contribution is -2.03. The summed E-state index contributed by atoms with van der Waals surface area (Å²) in [6.45, 7) is 7.76. The van der Waals surface area contributed by atoms with E-state index < -0.39 is 11.2 Å². The van der Waals surface area contributed by atoms with E-state index in [2.05, 4.69) is 0 Å². The van der Waals surface area contributed by atoms with E-state index in [4.69, 9.17) is 36.7 Å². The van der Waals surface area contributed by atoms with Crippen LogP contribution in [0, 0.1) is 22.7 Å². The number of ether oxygens (including phenoxy) is 2. The van der Waals surface area contributed by atoms with E-state index in [-0.39, 0.29) is 23.0 Å². The fourth-order valence-electron chi connectivity index (χ4n) is 3.02. The largest absolute Gasteiger partial charge is 0.495 e. The van der Waals surface area contributed by atoms with Crippen molar-refractivity contribution in [2.75, 3.05) is 14.2 Å². The summed E-state index contributed by atoms with van der Waals surface area (Å²) in [6, 6.07) is 9.94. The molecular weight excluding hydrogens is 432 g/mol. The Bertz CT molecular complexity index is 1010. The molecule has 0 bridgehead atoms. The van der Waals surface area contributed by atoms with Crippen LogP contribution in [0.5, 0.6) is 11.5 Å². The molecule has 0 aliphatic heterocycles. The molecule has 2 aromatic rings. The van der Waals surface area contributed by atoms with Crippen LogP contribution in [0.25, 0.3) is 0 Å². The fourth-order valence-corrected chi connectivity index (χ4v) is 3.13. The minimum atomic E-state index is -1.04. The number of carbonyl (C=O) groups is 2. The fraction of sp³-hybridized carbons (Fsp3) is 0.333. The summed E-state index contributed by atoms with van der Waals surface area (Å²) in [7, 11) is 2.98. The van der Waals surface area contributed by atoms with Crippen LogP contribution in [0.15, 0.2) is 24.3 Å². The van der Waals surface area contributed by atoms with Crippen LogP contribution < -0.4 is 9.47 Å². The minimum Gasteiger partial charge on any atom is -0.495 e. The van der Waals surface area contributed by atoms with E-state index in [1.54, 1.807) is 12.1 Å². The third-order valence-corrected chi connectivity index (χ3v) is 4.82. The van der Waals surface area contributed by atoms with Gasteiger partial charge in [-0.05, 0) is 58.8 Å². The number of nitrogens with zero attached hydrogens (tertiary/aromatic N) is 2. The zero-order valence-corrected chi connectivity index (χ0v) is 19.6. The number of carboxylic acid groups (broad SMARTS) is 1. The zero-order valence-electron chi connectivity index (χ0n) is 18.8. The molecule has 0 aromatic heterocycles. The van der Waals surface area contributed by atoms with Crippen LogP contribution in [-0.4, -0.2) is 30.5 Å². The van der Waals surface area contributed by atoms with Gasteiger partial charge in [-0.3, -0.25) is 4.79 Å². The maximum Gasteiger partial charge on any atom is 0.335 e. The number of methoxy groups -OCH3 is 2. The molecule has 0 fully saturated rings. The SMILES string of the molecule is COc1c(C#N)cc(C(=O)Cl)cc1C(C)C.COc1c(C#N)cc(C(=O)O)cc1C(C)C. The van der Waals surface area contributed by atoms with Crippen molar-refractivity contribution < 1.29 is 24.2 Å². The maximum absolute atomic E-state index is 11.1. The first-order valence-corrected chi connectivity index (χ1v) is 10.1. The van der Waals surface area contributed by atoms with Gasteiger partial charge in [-0.1, -0.05) is 27.7 Å². The Balaban J connectivity index is 0.000000320. The van der Waals surface area contributed by atoms with Gasteiger partial charge in [0.15, 0.2) is 0 Å². The molecule has 32 heavy (non-hydrogen) atoms. The second-order valence-electron chi connectivity index (χ2n) is 7.40. The number of aromatic carboxylic acids is 1. The third-order valence-electron chi connectivity index (χ3n) is 4.60. The molecule has 0 atom stereocenters. The highest BCUT2D eigenvalue weighted by atomic mass is 35.5. The van der Waals surface area contributed by atoms with E-state index >= 15 is 0 Å². The summed E-state index contributed by atoms with van der Waals surface area (Å²) in [5.41, 5.74) is 2.57. The van der Waals surface area contributed by atoms with Crippen molar-refractivity contribution in [2.45, 2.75) is 39.5 Å². The lowest BCUT2D eigenvalue weighted by Gasteiger charge is -2.14. The van der Waals surface area contributed by atoms with Crippen LogP contribution in [0.3, 0.4) is 0 Å². The molecule has 0 heterocycles. The number of rotatable bonds is 6. The Hall–Kier alpha value is -3.55. The van der Waals surface area contributed by atoms with Crippen molar-refractivity contribution in [3.8, 4) is 23.6 Å². The topological polar surface area (TPSA) is 120 Å². The second-order valence-corrected chi connectivity index (χ2v) is 7.75. The standard InChI is InChI=1S/C12H12ClNO2.C12H13NO3/c1-7(2)10-5-8(12(13)15)4-9(6-14)11(10)16-3;1-7(2)10-5-8(12(14)15)4-9(6-13)11(10)16-3/h4-5,7H,1-3H3;4-5,7H,1-3H3,(H,14,15). The minimum absolute atomic E-state index is 0.0985. The highest BCUT2D eigenvalue weighted by Crippen LogP contribution is 2.32. The molecule has 8 heteroatoms. The Morgan fingerprint density at radius 3 is 1.50 bits per heavy atom. The average Bonchev–Trinajstić information content (AvgIpc) is 2.76. The summed E-state index contributed by atoms with van der Waals surface area (Å²) in [5.74, 6) is 0.182. The van der Waals surface area contributed by atoms with Gasteiger partial charge in [0.1, 0.15) is 23.6 Å². The molecule has 168 valence electrons. The molecule has 1 N–H and O–H groups in total. The first kappa shape index (κ1) is 26.5. The molecule has 0 unspecified atom stereocenters. The number of carboxylic acids is 1. The lowest BCUT2D eigenvalue weighted by atomic mass is 9.96. The van der Waals surface area contributed by atoms with Gasteiger partial charge in [0.25, 0.3) is 5.24 Å². The van der Waals surface area contributed by atoms with Gasteiger partial charge >= 0.3 is 5.97 Å². The number of carbonyl (C=O) groups excluding carboxylic acids is 1. The van der Waals surface area contributed by atoms with Crippen molar-refractivity contribution >= 4 is 22.8 Å². The van der Waals surface area contributed by atoms with Crippen LogP contribution in [0.1, 0.15) is 82.5 Å².